The van der Waals surface area contributed by atoms with Crippen LogP contribution in [0.2, 0.25) is 0 Å². The summed E-state index contributed by atoms with van der Waals surface area (Å²) in [6.45, 7) is 0. The van der Waals surface area contributed by atoms with E-state index in [-0.39, 0.29) is 0 Å². The second-order valence-electron chi connectivity index (χ2n) is 4.09. The highest BCUT2D eigenvalue weighted by molar-refractivity contribution is 7.98. The van der Waals surface area contributed by atoms with Gasteiger partial charge in [0, 0.05) is 4.90 Å². The summed E-state index contributed by atoms with van der Waals surface area (Å²) in [5.74, 6) is -0.0145. The fourth-order valence-corrected chi connectivity index (χ4v) is 2.83. The van der Waals surface area contributed by atoms with Crippen LogP contribution in [0.25, 0.3) is 6.08 Å². The number of thioether (sulfide) groups is 1. The van der Waals surface area contributed by atoms with Crippen molar-refractivity contribution in [1.82, 2.24) is 0 Å². The van der Waals surface area contributed by atoms with Crippen LogP contribution in [0.1, 0.15) is 10.4 Å². The number of nitrogens with zero attached hydrogens (tertiary/aromatic N) is 1. The van der Waals surface area contributed by atoms with Crippen LogP contribution in [0, 0.1) is 0 Å². The molecule has 0 unspecified atom stereocenters. The van der Waals surface area contributed by atoms with Gasteiger partial charge in [-0.05, 0) is 41.5 Å². The van der Waals surface area contributed by atoms with Crippen molar-refractivity contribution in [2.24, 2.45) is 4.99 Å². The Morgan fingerprint density at radius 1 is 1.25 bits per heavy atom. The third kappa shape index (κ3) is 2.69. The number of ether oxygens (including phenoxy) is 1. The van der Waals surface area contributed by atoms with Crippen LogP contribution in [0.15, 0.2) is 57.4 Å². The summed E-state index contributed by atoms with van der Waals surface area (Å²) >= 11 is 3.18. The van der Waals surface area contributed by atoms with Gasteiger partial charge in [-0.1, -0.05) is 18.2 Å². The molecule has 20 heavy (non-hydrogen) atoms. The number of thiophene rings is 1. The van der Waals surface area contributed by atoms with Crippen LogP contribution >= 0.6 is 23.1 Å². The lowest BCUT2D eigenvalue weighted by Crippen LogP contribution is -2.03. The molecule has 2 aromatic rings. The number of carbonyl (C=O) groups excluding carboxylic acids is 1. The fourth-order valence-electron chi connectivity index (χ4n) is 1.77. The minimum atomic E-state index is -0.401. The van der Waals surface area contributed by atoms with Gasteiger partial charge in [-0.25, -0.2) is 9.79 Å². The molecule has 0 amide bonds. The highest BCUT2D eigenvalue weighted by Gasteiger charge is 2.24. The van der Waals surface area contributed by atoms with Crippen LogP contribution in [0.3, 0.4) is 0 Å². The van der Waals surface area contributed by atoms with Gasteiger partial charge in [0.25, 0.3) is 0 Å². The average molecular weight is 301 g/mol. The van der Waals surface area contributed by atoms with E-state index < -0.39 is 5.97 Å². The van der Waals surface area contributed by atoms with E-state index in [9.17, 15) is 4.79 Å². The number of esters is 1. The van der Waals surface area contributed by atoms with Gasteiger partial charge in [-0.3, -0.25) is 0 Å². The summed E-state index contributed by atoms with van der Waals surface area (Å²) in [4.78, 5) is 18.1. The quantitative estimate of drug-likeness (QED) is 0.491. The molecule has 0 bridgehead atoms. The standard InChI is InChI=1S/C15H11NO2S2/c1-19-11-6-4-10(5-7-11)9-12-15(17)18-14(16-12)13-3-2-8-20-13/h2-9H,1H3/b12-9-. The number of cyclic esters (lactones) is 1. The van der Waals surface area contributed by atoms with Crippen LogP contribution < -0.4 is 0 Å². The minimum absolute atomic E-state index is 0.338. The highest BCUT2D eigenvalue weighted by Crippen LogP contribution is 2.22. The zero-order valence-electron chi connectivity index (χ0n) is 10.7. The van der Waals surface area contributed by atoms with E-state index >= 15 is 0 Å². The van der Waals surface area contributed by atoms with Crippen molar-refractivity contribution in [3.63, 3.8) is 0 Å². The van der Waals surface area contributed by atoms with E-state index in [1.807, 2.05) is 48.0 Å². The van der Waals surface area contributed by atoms with Crippen molar-refractivity contribution in [3.8, 4) is 0 Å². The molecule has 1 aromatic carbocycles. The van der Waals surface area contributed by atoms with Crippen molar-refractivity contribution in [2.45, 2.75) is 4.90 Å². The van der Waals surface area contributed by atoms with E-state index in [0.29, 0.717) is 11.6 Å². The van der Waals surface area contributed by atoms with E-state index in [4.69, 9.17) is 4.74 Å². The number of carbonyl (C=O) groups is 1. The van der Waals surface area contributed by atoms with E-state index in [1.165, 1.54) is 16.2 Å². The number of aliphatic imine (C=N–C) groups is 1. The molecule has 2 heterocycles. The molecule has 0 radical (unpaired) electrons. The molecule has 5 heteroatoms. The lowest BCUT2D eigenvalue weighted by atomic mass is 10.2. The largest absolute Gasteiger partial charge is 0.401 e. The fraction of sp³-hybridized carbons (Fsp3) is 0.0667. The van der Waals surface area contributed by atoms with Gasteiger partial charge in [0.1, 0.15) is 0 Å². The topological polar surface area (TPSA) is 38.7 Å². The van der Waals surface area contributed by atoms with Gasteiger partial charge >= 0.3 is 5.97 Å². The molecule has 1 aromatic heterocycles. The van der Waals surface area contributed by atoms with Crippen LogP contribution in [-0.4, -0.2) is 18.1 Å². The average Bonchev–Trinajstić information content (AvgIpc) is 3.10. The van der Waals surface area contributed by atoms with Crippen molar-refractivity contribution in [3.05, 3.63) is 57.9 Å². The Morgan fingerprint density at radius 2 is 2.05 bits per heavy atom. The van der Waals surface area contributed by atoms with E-state index in [0.717, 1.165) is 10.4 Å². The second kappa shape index (κ2) is 5.64. The summed E-state index contributed by atoms with van der Waals surface area (Å²) in [5, 5.41) is 1.93. The highest BCUT2D eigenvalue weighted by atomic mass is 32.2. The maximum atomic E-state index is 11.8. The first-order valence-electron chi connectivity index (χ1n) is 5.97. The molecule has 3 nitrogen and oxygen atoms in total. The summed E-state index contributed by atoms with van der Waals surface area (Å²) in [7, 11) is 0. The van der Waals surface area contributed by atoms with Gasteiger partial charge in [0.2, 0.25) is 5.90 Å². The zero-order chi connectivity index (χ0) is 13.9. The van der Waals surface area contributed by atoms with Gasteiger partial charge < -0.3 is 4.74 Å². The predicted molar refractivity (Wildman–Crippen MR) is 83.1 cm³/mol. The molecule has 0 N–H and O–H groups in total. The molecule has 0 aliphatic carbocycles. The Bertz CT molecular complexity index is 685. The first kappa shape index (κ1) is 13.1. The van der Waals surface area contributed by atoms with Gasteiger partial charge in [0.05, 0.1) is 4.88 Å². The molecule has 0 fully saturated rings. The number of hydrogen-bond donors (Lipinski definition) is 0. The Balaban J connectivity index is 1.88. The maximum absolute atomic E-state index is 11.8. The zero-order valence-corrected chi connectivity index (χ0v) is 12.3. The molecule has 1 aliphatic heterocycles. The van der Waals surface area contributed by atoms with Crippen molar-refractivity contribution in [2.75, 3.05) is 6.26 Å². The Hall–Kier alpha value is -1.85. The molecule has 100 valence electrons. The number of rotatable bonds is 3. The van der Waals surface area contributed by atoms with Gasteiger partial charge in [0.15, 0.2) is 5.70 Å². The van der Waals surface area contributed by atoms with Gasteiger partial charge in [-0.15, -0.1) is 23.1 Å². The summed E-state index contributed by atoms with van der Waals surface area (Å²) in [6.07, 6.45) is 3.77. The van der Waals surface area contributed by atoms with E-state index in [1.54, 1.807) is 17.8 Å². The molecule has 3 rings (SSSR count). The SMILES string of the molecule is CSc1ccc(/C=C2\N=C(c3cccs3)OC2=O)cc1. The molecule has 1 aliphatic rings. The summed E-state index contributed by atoms with van der Waals surface area (Å²) in [5.41, 5.74) is 1.27. The third-order valence-corrected chi connectivity index (χ3v) is 4.37. The van der Waals surface area contributed by atoms with Crippen LogP contribution in [0.5, 0.6) is 0 Å². The molecule has 0 atom stereocenters. The lowest BCUT2D eigenvalue weighted by molar-refractivity contribution is -0.129. The molecule has 0 spiro atoms. The Labute approximate surface area is 125 Å². The molecule has 0 saturated heterocycles. The van der Waals surface area contributed by atoms with Crippen LogP contribution in [-0.2, 0) is 9.53 Å². The van der Waals surface area contributed by atoms with Crippen molar-refractivity contribution < 1.29 is 9.53 Å². The minimum Gasteiger partial charge on any atom is -0.401 e. The van der Waals surface area contributed by atoms with Crippen molar-refractivity contribution in [1.29, 1.82) is 0 Å². The van der Waals surface area contributed by atoms with Crippen molar-refractivity contribution >= 4 is 41.0 Å². The first-order valence-corrected chi connectivity index (χ1v) is 8.07. The summed E-state index contributed by atoms with van der Waals surface area (Å²) < 4.78 is 5.18. The Morgan fingerprint density at radius 3 is 2.70 bits per heavy atom. The monoisotopic (exact) mass is 301 g/mol. The predicted octanol–water partition coefficient (Wildman–Crippen LogP) is 3.81. The molecule has 0 saturated carbocycles. The molecular formula is C15H11NO2S2. The normalized spacial score (nSPS) is 16.4. The first-order chi connectivity index (χ1) is 9.76. The van der Waals surface area contributed by atoms with Gasteiger partial charge in [-0.2, -0.15) is 0 Å². The van der Waals surface area contributed by atoms with Crippen LogP contribution in [0.4, 0.5) is 0 Å². The lowest BCUT2D eigenvalue weighted by Gasteiger charge is -1.97. The number of hydrogen-bond acceptors (Lipinski definition) is 5. The second-order valence-corrected chi connectivity index (χ2v) is 5.91. The van der Waals surface area contributed by atoms with E-state index in [2.05, 4.69) is 4.99 Å². The maximum Gasteiger partial charge on any atom is 0.363 e. The Kier molecular flexibility index (Phi) is 3.71. The third-order valence-electron chi connectivity index (χ3n) is 2.77. The molecular weight excluding hydrogens is 290 g/mol. The smallest absolute Gasteiger partial charge is 0.363 e. The summed E-state index contributed by atoms with van der Waals surface area (Å²) in [6, 6.07) is 11.7. The number of benzene rings is 1.